The van der Waals surface area contributed by atoms with Crippen LogP contribution < -0.4 is 4.74 Å². The molecule has 0 aromatic heterocycles. The first kappa shape index (κ1) is 24.6. The third-order valence-corrected chi connectivity index (χ3v) is 5.36. The Kier molecular flexibility index (Phi) is 8.73. The van der Waals surface area contributed by atoms with Crippen molar-refractivity contribution in [1.29, 1.82) is 0 Å². The highest BCUT2D eigenvalue weighted by Gasteiger charge is 2.22. The van der Waals surface area contributed by atoms with E-state index in [1.807, 2.05) is 45.0 Å². The summed E-state index contributed by atoms with van der Waals surface area (Å²) in [5, 5.41) is 0. The van der Waals surface area contributed by atoms with Gasteiger partial charge < -0.3 is 9.47 Å². The van der Waals surface area contributed by atoms with E-state index in [-0.39, 0.29) is 12.6 Å². The highest BCUT2D eigenvalue weighted by molar-refractivity contribution is 6.18. The molecule has 0 heterocycles. The fourth-order valence-corrected chi connectivity index (χ4v) is 3.68. The van der Waals surface area contributed by atoms with Gasteiger partial charge in [-0.1, -0.05) is 72.8 Å². The number of carbonyl (C=O) groups excluding carboxylic acids is 1. The van der Waals surface area contributed by atoms with Crippen molar-refractivity contribution in [3.05, 3.63) is 102 Å². The number of benzene rings is 3. The first-order valence-corrected chi connectivity index (χ1v) is 11.7. The van der Waals surface area contributed by atoms with Crippen LogP contribution in [0.4, 0.5) is 0 Å². The van der Waals surface area contributed by atoms with Gasteiger partial charge >= 0.3 is 5.97 Å². The lowest BCUT2D eigenvalue weighted by atomic mass is 9.88. The largest absolute Gasteiger partial charge is 0.490 e. The minimum atomic E-state index is -0.513. The van der Waals surface area contributed by atoms with Crippen LogP contribution in [0.25, 0.3) is 11.1 Å². The predicted octanol–water partition coefficient (Wildman–Crippen LogP) is 7.24. The minimum Gasteiger partial charge on any atom is -0.490 e. The summed E-state index contributed by atoms with van der Waals surface area (Å²) < 4.78 is 11.1. The maximum atomic E-state index is 11.9. The maximum absolute atomic E-state index is 11.9. The lowest BCUT2D eigenvalue weighted by Crippen LogP contribution is -2.24. The van der Waals surface area contributed by atoms with Crippen molar-refractivity contribution in [2.75, 3.05) is 19.1 Å². The Morgan fingerprint density at radius 2 is 1.30 bits per heavy atom. The van der Waals surface area contributed by atoms with Crippen LogP contribution >= 0.6 is 11.6 Å². The standard InChI is InChI=1S/C29H31ClO3/c1-29(2,3)28(31)33-21-20-32-25-16-14-24(15-17-25)27(23-12-8-5-9-13-23)26(18-19-30)22-10-6-4-7-11-22/h4-17H,18-21H2,1-3H3. The fraction of sp³-hybridized carbons (Fsp3) is 0.276. The van der Waals surface area contributed by atoms with Crippen LogP contribution in [-0.4, -0.2) is 25.1 Å². The molecule has 0 bridgehead atoms. The van der Waals surface area contributed by atoms with Gasteiger partial charge in [0.1, 0.15) is 19.0 Å². The molecule has 0 aliphatic rings. The highest BCUT2D eigenvalue weighted by Crippen LogP contribution is 2.35. The summed E-state index contributed by atoms with van der Waals surface area (Å²) in [6.07, 6.45) is 0.757. The van der Waals surface area contributed by atoms with Gasteiger partial charge in [-0.05, 0) is 67.2 Å². The first-order chi connectivity index (χ1) is 15.9. The minimum absolute atomic E-state index is 0.223. The van der Waals surface area contributed by atoms with Gasteiger partial charge in [0.15, 0.2) is 0 Å². The van der Waals surface area contributed by atoms with E-state index in [1.54, 1.807) is 0 Å². The van der Waals surface area contributed by atoms with E-state index >= 15 is 0 Å². The smallest absolute Gasteiger partial charge is 0.311 e. The SMILES string of the molecule is CC(C)(C)C(=O)OCCOc1ccc(C(=C(CCCl)c2ccccc2)c2ccccc2)cc1. The molecule has 4 heteroatoms. The monoisotopic (exact) mass is 462 g/mol. The first-order valence-electron chi connectivity index (χ1n) is 11.2. The number of halogens is 1. The van der Waals surface area contributed by atoms with Gasteiger partial charge in [-0.3, -0.25) is 4.79 Å². The highest BCUT2D eigenvalue weighted by atomic mass is 35.5. The van der Waals surface area contributed by atoms with Crippen molar-refractivity contribution in [2.45, 2.75) is 27.2 Å². The van der Waals surface area contributed by atoms with Gasteiger partial charge in [0.25, 0.3) is 0 Å². The molecule has 0 saturated carbocycles. The molecule has 3 aromatic carbocycles. The molecule has 0 N–H and O–H groups in total. The van der Waals surface area contributed by atoms with Crippen LogP contribution in [0.15, 0.2) is 84.9 Å². The zero-order valence-corrected chi connectivity index (χ0v) is 20.3. The second-order valence-electron chi connectivity index (χ2n) is 8.78. The van der Waals surface area contributed by atoms with E-state index in [0.29, 0.717) is 12.5 Å². The number of hydrogen-bond acceptors (Lipinski definition) is 3. The van der Waals surface area contributed by atoms with Gasteiger partial charge in [0.05, 0.1) is 5.41 Å². The third kappa shape index (κ3) is 6.97. The van der Waals surface area contributed by atoms with Crippen molar-refractivity contribution < 1.29 is 14.3 Å². The molecule has 0 radical (unpaired) electrons. The van der Waals surface area contributed by atoms with Crippen molar-refractivity contribution in [3.8, 4) is 5.75 Å². The van der Waals surface area contributed by atoms with E-state index in [1.165, 1.54) is 5.57 Å². The van der Waals surface area contributed by atoms with Crippen LogP contribution in [0.3, 0.4) is 0 Å². The molecule has 0 unspecified atom stereocenters. The topological polar surface area (TPSA) is 35.5 Å². The molecule has 0 atom stereocenters. The second kappa shape index (κ2) is 11.7. The van der Waals surface area contributed by atoms with E-state index in [4.69, 9.17) is 21.1 Å². The summed E-state index contributed by atoms with van der Waals surface area (Å²) in [5.74, 6) is 1.04. The molecular formula is C29H31ClO3. The van der Waals surface area contributed by atoms with E-state index in [2.05, 4.69) is 60.7 Å². The molecule has 3 nitrogen and oxygen atoms in total. The van der Waals surface area contributed by atoms with Crippen molar-refractivity contribution >= 4 is 28.7 Å². The summed E-state index contributed by atoms with van der Waals surface area (Å²) in [5.41, 5.74) is 5.26. The average Bonchev–Trinajstić information content (AvgIpc) is 2.83. The molecule has 0 aliphatic carbocycles. The Morgan fingerprint density at radius 3 is 1.85 bits per heavy atom. The van der Waals surface area contributed by atoms with Crippen LogP contribution in [-0.2, 0) is 9.53 Å². The Hall–Kier alpha value is -3.04. The molecule has 0 fully saturated rings. The fourth-order valence-electron chi connectivity index (χ4n) is 3.50. The Balaban J connectivity index is 1.84. The lowest BCUT2D eigenvalue weighted by Gasteiger charge is -2.18. The summed E-state index contributed by atoms with van der Waals surface area (Å²) in [4.78, 5) is 11.9. The number of carbonyl (C=O) groups is 1. The van der Waals surface area contributed by atoms with Crippen LogP contribution in [0.5, 0.6) is 5.75 Å². The molecule has 0 saturated heterocycles. The number of rotatable bonds is 9. The Morgan fingerprint density at radius 1 is 0.758 bits per heavy atom. The second-order valence-corrected chi connectivity index (χ2v) is 9.16. The third-order valence-electron chi connectivity index (χ3n) is 5.17. The number of allylic oxidation sites excluding steroid dienone is 1. The predicted molar refractivity (Wildman–Crippen MR) is 136 cm³/mol. The van der Waals surface area contributed by atoms with Crippen molar-refractivity contribution in [1.82, 2.24) is 0 Å². The lowest BCUT2D eigenvalue weighted by molar-refractivity contribution is -0.153. The van der Waals surface area contributed by atoms with E-state index in [9.17, 15) is 4.79 Å². The van der Waals surface area contributed by atoms with Crippen LogP contribution in [0.2, 0.25) is 0 Å². The quantitative estimate of drug-likeness (QED) is 0.145. The molecule has 0 amide bonds. The van der Waals surface area contributed by atoms with Crippen molar-refractivity contribution in [2.24, 2.45) is 5.41 Å². The van der Waals surface area contributed by atoms with E-state index in [0.717, 1.165) is 34.4 Å². The molecule has 0 aliphatic heterocycles. The van der Waals surface area contributed by atoms with Gasteiger partial charge in [0, 0.05) is 5.88 Å². The van der Waals surface area contributed by atoms with Gasteiger partial charge in [0.2, 0.25) is 0 Å². The molecule has 172 valence electrons. The van der Waals surface area contributed by atoms with E-state index < -0.39 is 5.41 Å². The zero-order valence-electron chi connectivity index (χ0n) is 19.5. The zero-order chi connectivity index (χ0) is 23.7. The summed E-state index contributed by atoms with van der Waals surface area (Å²) in [6, 6.07) is 28.8. The molecule has 3 aromatic rings. The molecule has 3 rings (SSSR count). The van der Waals surface area contributed by atoms with Gasteiger partial charge in [-0.25, -0.2) is 0 Å². The molecule has 33 heavy (non-hydrogen) atoms. The number of ether oxygens (including phenoxy) is 2. The van der Waals surface area contributed by atoms with Gasteiger partial charge in [-0.15, -0.1) is 11.6 Å². The Bertz CT molecular complexity index is 1050. The average molecular weight is 463 g/mol. The summed E-state index contributed by atoms with van der Waals surface area (Å²) in [6.45, 7) is 6.03. The van der Waals surface area contributed by atoms with Crippen LogP contribution in [0, 0.1) is 5.41 Å². The number of esters is 1. The van der Waals surface area contributed by atoms with Gasteiger partial charge in [-0.2, -0.15) is 0 Å². The molecular weight excluding hydrogens is 432 g/mol. The maximum Gasteiger partial charge on any atom is 0.311 e. The number of hydrogen-bond donors (Lipinski definition) is 0. The van der Waals surface area contributed by atoms with Crippen LogP contribution in [0.1, 0.15) is 43.9 Å². The summed E-state index contributed by atoms with van der Waals surface area (Å²) in [7, 11) is 0. The number of alkyl halides is 1. The normalized spacial score (nSPS) is 12.1. The Labute approximate surface area is 202 Å². The van der Waals surface area contributed by atoms with Crippen molar-refractivity contribution in [3.63, 3.8) is 0 Å². The summed E-state index contributed by atoms with van der Waals surface area (Å²) >= 11 is 6.22. The molecule has 0 spiro atoms.